The summed E-state index contributed by atoms with van der Waals surface area (Å²) < 4.78 is 52.3. The third-order valence-electron chi connectivity index (χ3n) is 6.70. The fourth-order valence-electron chi connectivity index (χ4n) is 4.85. The topological polar surface area (TPSA) is 101 Å². The van der Waals surface area contributed by atoms with Crippen LogP contribution >= 0.6 is 0 Å². The van der Waals surface area contributed by atoms with E-state index in [1.54, 1.807) is 18.2 Å². The van der Waals surface area contributed by atoms with Crippen molar-refractivity contribution in [1.82, 2.24) is 4.90 Å². The van der Waals surface area contributed by atoms with Crippen LogP contribution in [0.4, 0.5) is 0 Å². The first-order valence-corrected chi connectivity index (χ1v) is 13.0. The molecular formula is C25H27NO8S. The van der Waals surface area contributed by atoms with Gasteiger partial charge in [0.25, 0.3) is 0 Å². The van der Waals surface area contributed by atoms with Crippen molar-refractivity contribution in [3.8, 4) is 28.7 Å². The lowest BCUT2D eigenvalue weighted by atomic mass is 9.98. The second-order valence-corrected chi connectivity index (χ2v) is 11.1. The number of hydrogen-bond donors (Lipinski definition) is 0. The lowest BCUT2D eigenvalue weighted by Crippen LogP contribution is -2.41. The standard InChI is InChI=1S/C25H27NO8S/c1-14-7-19-17(11-26(13-33-19)16-5-6-35(28,29)12-16)25-23(14)24(27)22(34-25)9-15-8-20(31-3)21(32-4)10-18(15)30-2/h7-10,16H,5-6,11-13H2,1-4H3/b22-9-. The third-order valence-corrected chi connectivity index (χ3v) is 8.45. The van der Waals surface area contributed by atoms with Crippen LogP contribution in [0.2, 0.25) is 0 Å². The summed E-state index contributed by atoms with van der Waals surface area (Å²) in [7, 11) is 1.57. The number of aryl methyl sites for hydroxylation is 1. The van der Waals surface area contributed by atoms with Crippen LogP contribution in [-0.2, 0) is 16.4 Å². The van der Waals surface area contributed by atoms with Gasteiger partial charge in [-0.25, -0.2) is 8.42 Å². The highest BCUT2D eigenvalue weighted by Gasteiger charge is 2.39. The number of Topliss-reactive ketones (excluding diaryl/α,β-unsaturated/α-hetero) is 1. The molecule has 5 rings (SSSR count). The molecule has 1 saturated heterocycles. The number of hydrogen-bond acceptors (Lipinski definition) is 9. The van der Waals surface area contributed by atoms with Gasteiger partial charge in [-0.15, -0.1) is 0 Å². The number of rotatable bonds is 5. The van der Waals surface area contributed by atoms with Crippen molar-refractivity contribution >= 4 is 21.7 Å². The number of allylic oxidation sites excluding steroid dienone is 1. The van der Waals surface area contributed by atoms with Crippen LogP contribution in [0, 0.1) is 6.92 Å². The summed E-state index contributed by atoms with van der Waals surface area (Å²) in [5.41, 5.74) is 2.58. The first-order chi connectivity index (χ1) is 16.7. The minimum atomic E-state index is -3.03. The predicted octanol–water partition coefficient (Wildman–Crippen LogP) is 2.98. The zero-order valence-electron chi connectivity index (χ0n) is 20.0. The van der Waals surface area contributed by atoms with Crippen molar-refractivity contribution in [2.24, 2.45) is 0 Å². The number of sulfone groups is 1. The largest absolute Gasteiger partial charge is 0.496 e. The normalized spacial score (nSPS) is 21.8. The summed E-state index contributed by atoms with van der Waals surface area (Å²) in [5, 5.41) is 0. The smallest absolute Gasteiger partial charge is 0.232 e. The molecule has 10 heteroatoms. The SMILES string of the molecule is COc1cc(OC)c(OC)cc1/C=C1\Oc2c3c(cc(C)c2C1=O)OCN(C1CCS(=O)(=O)C1)C3. The molecule has 0 bridgehead atoms. The minimum absolute atomic E-state index is 0.115. The third kappa shape index (κ3) is 4.10. The molecule has 9 nitrogen and oxygen atoms in total. The summed E-state index contributed by atoms with van der Waals surface area (Å²) >= 11 is 0. The second kappa shape index (κ2) is 8.76. The van der Waals surface area contributed by atoms with Crippen LogP contribution in [0.3, 0.4) is 0 Å². The van der Waals surface area contributed by atoms with Crippen molar-refractivity contribution in [2.75, 3.05) is 39.6 Å². The summed E-state index contributed by atoms with van der Waals surface area (Å²) in [6.45, 7) is 2.59. The first kappa shape index (κ1) is 23.5. The van der Waals surface area contributed by atoms with Gasteiger partial charge in [0.1, 0.15) is 24.0 Å². The maximum atomic E-state index is 13.4. The predicted molar refractivity (Wildman–Crippen MR) is 128 cm³/mol. The maximum Gasteiger partial charge on any atom is 0.232 e. The fraction of sp³-hybridized carbons (Fsp3) is 0.400. The zero-order valence-corrected chi connectivity index (χ0v) is 20.9. The van der Waals surface area contributed by atoms with Gasteiger partial charge < -0.3 is 23.7 Å². The van der Waals surface area contributed by atoms with Crippen molar-refractivity contribution < 1.29 is 36.9 Å². The lowest BCUT2D eigenvalue weighted by molar-refractivity contribution is 0.0633. The Morgan fingerprint density at radius 2 is 1.77 bits per heavy atom. The van der Waals surface area contributed by atoms with Gasteiger partial charge in [0.2, 0.25) is 5.78 Å². The molecule has 0 amide bonds. The first-order valence-electron chi connectivity index (χ1n) is 11.2. The molecule has 3 aliphatic rings. The highest BCUT2D eigenvalue weighted by molar-refractivity contribution is 7.91. The number of fused-ring (bicyclic) bond motifs is 3. The zero-order chi connectivity index (χ0) is 24.9. The average Bonchev–Trinajstić information content (AvgIpc) is 3.38. The highest BCUT2D eigenvalue weighted by atomic mass is 32.2. The Morgan fingerprint density at radius 3 is 2.43 bits per heavy atom. The van der Waals surface area contributed by atoms with Crippen LogP contribution in [0.25, 0.3) is 6.08 Å². The summed E-state index contributed by atoms with van der Waals surface area (Å²) in [5.74, 6) is 2.82. The number of ether oxygens (including phenoxy) is 5. The van der Waals surface area contributed by atoms with Gasteiger partial charge >= 0.3 is 0 Å². The summed E-state index contributed by atoms with van der Waals surface area (Å²) in [6.07, 6.45) is 2.19. The number of carbonyl (C=O) groups excluding carboxylic acids is 1. The van der Waals surface area contributed by atoms with E-state index in [1.165, 1.54) is 21.3 Å². The van der Waals surface area contributed by atoms with E-state index in [9.17, 15) is 13.2 Å². The fourth-order valence-corrected chi connectivity index (χ4v) is 6.61. The Morgan fingerprint density at radius 1 is 1.06 bits per heavy atom. The number of methoxy groups -OCH3 is 3. The van der Waals surface area contributed by atoms with E-state index >= 15 is 0 Å². The lowest BCUT2D eigenvalue weighted by Gasteiger charge is -2.33. The number of nitrogens with zero attached hydrogens (tertiary/aromatic N) is 1. The molecule has 1 unspecified atom stereocenters. The Labute approximate surface area is 204 Å². The Hall–Kier alpha value is -3.24. The molecule has 1 atom stereocenters. The van der Waals surface area contributed by atoms with Crippen molar-refractivity contribution in [3.05, 3.63) is 46.2 Å². The number of carbonyl (C=O) groups is 1. The molecule has 3 aliphatic heterocycles. The average molecular weight is 502 g/mol. The van der Waals surface area contributed by atoms with E-state index in [-0.39, 0.29) is 29.1 Å². The van der Waals surface area contributed by atoms with Gasteiger partial charge in [0.05, 0.1) is 44.0 Å². The van der Waals surface area contributed by atoms with Crippen molar-refractivity contribution in [2.45, 2.75) is 25.9 Å². The molecular weight excluding hydrogens is 474 g/mol. The molecule has 0 saturated carbocycles. The number of benzene rings is 2. The Bertz CT molecular complexity index is 1350. The molecule has 1 fully saturated rings. The van der Waals surface area contributed by atoms with E-state index in [4.69, 9.17) is 23.7 Å². The highest BCUT2D eigenvalue weighted by Crippen LogP contribution is 2.45. The van der Waals surface area contributed by atoms with Gasteiger partial charge in [0.15, 0.2) is 27.1 Å². The minimum Gasteiger partial charge on any atom is -0.496 e. The van der Waals surface area contributed by atoms with Crippen LogP contribution in [-0.4, -0.2) is 64.7 Å². The Balaban J connectivity index is 1.51. The summed E-state index contributed by atoms with van der Waals surface area (Å²) in [6, 6.07) is 5.13. The summed E-state index contributed by atoms with van der Waals surface area (Å²) in [4.78, 5) is 15.4. The molecule has 0 radical (unpaired) electrons. The van der Waals surface area contributed by atoms with Crippen LogP contribution < -0.4 is 23.7 Å². The monoisotopic (exact) mass is 501 g/mol. The molecule has 0 aromatic heterocycles. The maximum absolute atomic E-state index is 13.4. The van der Waals surface area contributed by atoms with E-state index < -0.39 is 9.84 Å². The van der Waals surface area contributed by atoms with Gasteiger partial charge in [-0.2, -0.15) is 0 Å². The van der Waals surface area contributed by atoms with Gasteiger partial charge in [0, 0.05) is 24.2 Å². The van der Waals surface area contributed by atoms with Gasteiger partial charge in [-0.1, -0.05) is 0 Å². The molecule has 2 aromatic carbocycles. The van der Waals surface area contributed by atoms with Crippen LogP contribution in [0.5, 0.6) is 28.7 Å². The quantitative estimate of drug-likeness (QED) is 0.573. The molecule has 35 heavy (non-hydrogen) atoms. The molecule has 0 spiro atoms. The Kier molecular flexibility index (Phi) is 5.88. The molecule has 2 aromatic rings. The van der Waals surface area contributed by atoms with Gasteiger partial charge in [-0.3, -0.25) is 9.69 Å². The molecule has 0 N–H and O–H groups in total. The van der Waals surface area contributed by atoms with E-state index in [0.717, 1.165) is 11.1 Å². The van der Waals surface area contributed by atoms with Crippen molar-refractivity contribution in [3.63, 3.8) is 0 Å². The molecule has 3 heterocycles. The number of ketones is 1. The second-order valence-electron chi connectivity index (χ2n) is 8.84. The van der Waals surface area contributed by atoms with Crippen molar-refractivity contribution in [1.29, 1.82) is 0 Å². The van der Waals surface area contributed by atoms with Crippen LogP contribution in [0.15, 0.2) is 24.0 Å². The van der Waals surface area contributed by atoms with Gasteiger partial charge in [-0.05, 0) is 37.1 Å². The molecule has 186 valence electrons. The van der Waals surface area contributed by atoms with E-state index in [1.807, 2.05) is 17.9 Å². The van der Waals surface area contributed by atoms with E-state index in [2.05, 4.69) is 0 Å². The molecule has 0 aliphatic carbocycles. The van der Waals surface area contributed by atoms with E-state index in [0.29, 0.717) is 59.6 Å². The van der Waals surface area contributed by atoms with Crippen LogP contribution in [0.1, 0.15) is 33.5 Å².